The molecule has 4 heteroatoms. The standard InChI is InChI=1S/C12H13N3O/c1-3-12(16)10-5-4-9(2)8-11(10)15-13-6-7-14-15/h4-8H,3H2,1-2H3. The zero-order chi connectivity index (χ0) is 11.5. The fraction of sp³-hybridized carbons (Fsp3) is 0.250. The second kappa shape index (κ2) is 4.26. The van der Waals surface area contributed by atoms with Crippen molar-refractivity contribution in [3.05, 3.63) is 41.7 Å². The van der Waals surface area contributed by atoms with E-state index >= 15 is 0 Å². The van der Waals surface area contributed by atoms with Gasteiger partial charge in [-0.2, -0.15) is 15.0 Å². The van der Waals surface area contributed by atoms with Gasteiger partial charge in [0.1, 0.15) is 0 Å². The molecule has 2 rings (SSSR count). The molecule has 4 nitrogen and oxygen atoms in total. The van der Waals surface area contributed by atoms with Gasteiger partial charge in [0.2, 0.25) is 0 Å². The molecule has 0 spiro atoms. The Bertz CT molecular complexity index is 503. The summed E-state index contributed by atoms with van der Waals surface area (Å²) in [4.78, 5) is 13.3. The Morgan fingerprint density at radius 1 is 1.31 bits per heavy atom. The Labute approximate surface area is 93.9 Å². The smallest absolute Gasteiger partial charge is 0.164 e. The number of nitrogens with zero attached hydrogens (tertiary/aromatic N) is 3. The molecule has 0 bridgehead atoms. The Kier molecular flexibility index (Phi) is 2.81. The molecule has 1 heterocycles. The molecular weight excluding hydrogens is 202 g/mol. The molecule has 0 atom stereocenters. The van der Waals surface area contributed by atoms with Crippen molar-refractivity contribution < 1.29 is 4.79 Å². The number of aromatic nitrogens is 3. The van der Waals surface area contributed by atoms with Crippen molar-refractivity contribution in [1.82, 2.24) is 15.0 Å². The van der Waals surface area contributed by atoms with Crippen molar-refractivity contribution in [2.45, 2.75) is 20.3 Å². The van der Waals surface area contributed by atoms with Crippen molar-refractivity contribution in [2.24, 2.45) is 0 Å². The molecular formula is C12H13N3O. The van der Waals surface area contributed by atoms with E-state index < -0.39 is 0 Å². The van der Waals surface area contributed by atoms with Crippen LogP contribution >= 0.6 is 0 Å². The van der Waals surface area contributed by atoms with E-state index in [1.807, 2.05) is 32.0 Å². The zero-order valence-electron chi connectivity index (χ0n) is 9.34. The Hall–Kier alpha value is -1.97. The van der Waals surface area contributed by atoms with E-state index in [0.717, 1.165) is 11.3 Å². The maximum absolute atomic E-state index is 11.8. The summed E-state index contributed by atoms with van der Waals surface area (Å²) < 4.78 is 0. The number of ketones is 1. The summed E-state index contributed by atoms with van der Waals surface area (Å²) in [6.07, 6.45) is 3.68. The first-order valence-electron chi connectivity index (χ1n) is 5.23. The largest absolute Gasteiger partial charge is 0.294 e. The molecule has 0 aliphatic rings. The van der Waals surface area contributed by atoms with E-state index in [1.165, 1.54) is 4.80 Å². The number of benzene rings is 1. The molecule has 1 aromatic heterocycles. The number of Topliss-reactive ketones (excluding diaryl/α,β-unsaturated/α-hetero) is 1. The number of carbonyl (C=O) groups excluding carboxylic acids is 1. The van der Waals surface area contributed by atoms with Gasteiger partial charge in [0, 0.05) is 12.0 Å². The second-order valence-electron chi connectivity index (χ2n) is 3.62. The molecule has 82 valence electrons. The Balaban J connectivity index is 2.57. The van der Waals surface area contributed by atoms with Crippen LogP contribution in [0.5, 0.6) is 0 Å². The second-order valence-corrected chi connectivity index (χ2v) is 3.62. The molecule has 0 radical (unpaired) electrons. The highest BCUT2D eigenvalue weighted by molar-refractivity contribution is 5.99. The van der Waals surface area contributed by atoms with E-state index in [-0.39, 0.29) is 5.78 Å². The van der Waals surface area contributed by atoms with Crippen LogP contribution in [0.2, 0.25) is 0 Å². The molecule has 0 saturated carbocycles. The number of rotatable bonds is 3. The van der Waals surface area contributed by atoms with Gasteiger partial charge in [0.25, 0.3) is 0 Å². The van der Waals surface area contributed by atoms with Crippen LogP contribution in [0.15, 0.2) is 30.6 Å². The van der Waals surface area contributed by atoms with E-state index in [9.17, 15) is 4.79 Å². The number of hydrogen-bond donors (Lipinski definition) is 0. The molecule has 0 saturated heterocycles. The van der Waals surface area contributed by atoms with Crippen LogP contribution in [0.3, 0.4) is 0 Å². The van der Waals surface area contributed by atoms with Crippen LogP contribution < -0.4 is 0 Å². The van der Waals surface area contributed by atoms with Gasteiger partial charge in [0.05, 0.1) is 18.1 Å². The van der Waals surface area contributed by atoms with Crippen LogP contribution in [-0.2, 0) is 0 Å². The molecule has 1 aromatic carbocycles. The van der Waals surface area contributed by atoms with Gasteiger partial charge in [-0.1, -0.05) is 13.0 Å². The van der Waals surface area contributed by atoms with E-state index in [4.69, 9.17) is 0 Å². The first kappa shape index (κ1) is 10.5. The summed E-state index contributed by atoms with van der Waals surface area (Å²) in [5, 5.41) is 8.12. The van der Waals surface area contributed by atoms with Crippen LogP contribution in [-0.4, -0.2) is 20.8 Å². The van der Waals surface area contributed by atoms with Gasteiger partial charge < -0.3 is 0 Å². The Morgan fingerprint density at radius 2 is 2.00 bits per heavy atom. The fourth-order valence-electron chi connectivity index (χ4n) is 1.57. The number of aryl methyl sites for hydroxylation is 1. The maximum Gasteiger partial charge on any atom is 0.164 e. The lowest BCUT2D eigenvalue weighted by atomic mass is 10.0. The first-order valence-corrected chi connectivity index (χ1v) is 5.23. The number of hydrogen-bond acceptors (Lipinski definition) is 3. The van der Waals surface area contributed by atoms with Gasteiger partial charge in [-0.15, -0.1) is 0 Å². The average Bonchev–Trinajstić information content (AvgIpc) is 2.81. The minimum atomic E-state index is 0.104. The highest BCUT2D eigenvalue weighted by Crippen LogP contribution is 2.16. The minimum Gasteiger partial charge on any atom is -0.294 e. The van der Waals surface area contributed by atoms with Crippen molar-refractivity contribution in [3.63, 3.8) is 0 Å². The van der Waals surface area contributed by atoms with E-state index in [0.29, 0.717) is 12.0 Å². The molecule has 0 N–H and O–H groups in total. The molecule has 0 aliphatic carbocycles. The topological polar surface area (TPSA) is 47.8 Å². The van der Waals surface area contributed by atoms with Crippen molar-refractivity contribution >= 4 is 5.78 Å². The van der Waals surface area contributed by atoms with Crippen molar-refractivity contribution in [2.75, 3.05) is 0 Å². The normalized spacial score (nSPS) is 10.4. The monoisotopic (exact) mass is 215 g/mol. The van der Waals surface area contributed by atoms with Gasteiger partial charge >= 0.3 is 0 Å². The van der Waals surface area contributed by atoms with E-state index in [2.05, 4.69) is 10.2 Å². The molecule has 0 aliphatic heterocycles. The van der Waals surface area contributed by atoms with Gasteiger partial charge in [-0.3, -0.25) is 4.79 Å². The lowest BCUT2D eigenvalue weighted by Crippen LogP contribution is -2.08. The lowest BCUT2D eigenvalue weighted by molar-refractivity contribution is 0.0988. The van der Waals surface area contributed by atoms with Gasteiger partial charge in [-0.25, -0.2) is 0 Å². The third-order valence-corrected chi connectivity index (χ3v) is 2.41. The summed E-state index contributed by atoms with van der Waals surface area (Å²) in [6, 6.07) is 5.68. The zero-order valence-corrected chi connectivity index (χ0v) is 9.34. The summed E-state index contributed by atoms with van der Waals surface area (Å²) in [7, 11) is 0. The predicted molar refractivity (Wildman–Crippen MR) is 60.7 cm³/mol. The van der Waals surface area contributed by atoms with Crippen LogP contribution in [0.1, 0.15) is 29.3 Å². The summed E-state index contributed by atoms with van der Waals surface area (Å²) >= 11 is 0. The molecule has 0 amide bonds. The summed E-state index contributed by atoms with van der Waals surface area (Å²) in [6.45, 7) is 3.83. The van der Waals surface area contributed by atoms with Gasteiger partial charge in [-0.05, 0) is 24.6 Å². The number of carbonyl (C=O) groups is 1. The highest BCUT2D eigenvalue weighted by Gasteiger charge is 2.12. The maximum atomic E-state index is 11.8. The molecule has 2 aromatic rings. The van der Waals surface area contributed by atoms with E-state index in [1.54, 1.807) is 12.4 Å². The van der Waals surface area contributed by atoms with Crippen molar-refractivity contribution in [3.8, 4) is 5.69 Å². The van der Waals surface area contributed by atoms with Crippen LogP contribution in [0, 0.1) is 6.92 Å². The fourth-order valence-corrected chi connectivity index (χ4v) is 1.57. The summed E-state index contributed by atoms with van der Waals surface area (Å²) in [5.74, 6) is 0.104. The third kappa shape index (κ3) is 1.86. The third-order valence-electron chi connectivity index (χ3n) is 2.41. The molecule has 0 unspecified atom stereocenters. The van der Waals surface area contributed by atoms with Crippen LogP contribution in [0.25, 0.3) is 5.69 Å². The quantitative estimate of drug-likeness (QED) is 0.737. The Morgan fingerprint density at radius 3 is 2.62 bits per heavy atom. The SMILES string of the molecule is CCC(=O)c1ccc(C)cc1-n1nccn1. The first-order chi connectivity index (χ1) is 7.72. The van der Waals surface area contributed by atoms with Gasteiger partial charge in [0.15, 0.2) is 5.78 Å². The summed E-state index contributed by atoms with van der Waals surface area (Å²) in [5.41, 5.74) is 2.50. The predicted octanol–water partition coefficient (Wildman–Crippen LogP) is 2.17. The average molecular weight is 215 g/mol. The highest BCUT2D eigenvalue weighted by atomic mass is 16.1. The molecule has 16 heavy (non-hydrogen) atoms. The van der Waals surface area contributed by atoms with Crippen LogP contribution in [0.4, 0.5) is 0 Å². The molecule has 0 fully saturated rings. The minimum absolute atomic E-state index is 0.104. The van der Waals surface area contributed by atoms with Crippen molar-refractivity contribution in [1.29, 1.82) is 0 Å². The lowest BCUT2D eigenvalue weighted by Gasteiger charge is -2.07.